The van der Waals surface area contributed by atoms with Gasteiger partial charge in [-0.3, -0.25) is 4.79 Å². The lowest BCUT2D eigenvalue weighted by atomic mass is 10.1. The van der Waals surface area contributed by atoms with Crippen LogP contribution in [0.25, 0.3) is 11.4 Å². The van der Waals surface area contributed by atoms with Crippen LogP contribution in [-0.4, -0.2) is 102 Å². The molecule has 0 saturated carbocycles. The number of pyridine rings is 2. The predicted molar refractivity (Wildman–Crippen MR) is 200 cm³/mol. The zero-order valence-corrected chi connectivity index (χ0v) is 31.0. The number of aromatic nitrogens is 5. The Bertz CT molecular complexity index is 2090. The highest BCUT2D eigenvalue weighted by Gasteiger charge is 2.28. The summed E-state index contributed by atoms with van der Waals surface area (Å²) in [5.41, 5.74) is 3.42. The van der Waals surface area contributed by atoms with Gasteiger partial charge in [-0.2, -0.15) is 14.3 Å². The molecule has 0 atom stereocenters. The normalized spacial score (nSPS) is 13.3. The van der Waals surface area contributed by atoms with Gasteiger partial charge in [0.05, 0.1) is 50.6 Å². The molecule has 4 heterocycles. The van der Waals surface area contributed by atoms with Gasteiger partial charge in [0.25, 0.3) is 5.91 Å². The van der Waals surface area contributed by atoms with E-state index in [2.05, 4.69) is 15.3 Å². The maximum atomic E-state index is 13.8. The first-order valence-corrected chi connectivity index (χ1v) is 18.6. The maximum absolute atomic E-state index is 13.8. The van der Waals surface area contributed by atoms with Crippen LogP contribution in [0.1, 0.15) is 27.3 Å². The first kappa shape index (κ1) is 36.9. The third kappa shape index (κ3) is 9.14. The summed E-state index contributed by atoms with van der Waals surface area (Å²) in [6.45, 7) is 3.65. The van der Waals surface area contributed by atoms with Crippen LogP contribution >= 0.6 is 0 Å². The van der Waals surface area contributed by atoms with Gasteiger partial charge >= 0.3 is 0 Å². The van der Waals surface area contributed by atoms with Crippen molar-refractivity contribution in [2.45, 2.75) is 20.0 Å². The van der Waals surface area contributed by atoms with Crippen LogP contribution in [0.4, 0.5) is 17.5 Å². The fraction of sp³-hybridized carbons (Fsp3) is 0.297. The molecule has 15 nitrogen and oxygen atoms in total. The molecule has 1 aliphatic rings. The molecule has 1 fully saturated rings. The van der Waals surface area contributed by atoms with Crippen molar-refractivity contribution >= 4 is 33.4 Å². The van der Waals surface area contributed by atoms with Crippen molar-refractivity contribution in [1.29, 1.82) is 0 Å². The van der Waals surface area contributed by atoms with Gasteiger partial charge in [0.2, 0.25) is 21.9 Å². The van der Waals surface area contributed by atoms with Crippen molar-refractivity contribution in [2.24, 2.45) is 0 Å². The van der Waals surface area contributed by atoms with Gasteiger partial charge < -0.3 is 29.3 Å². The summed E-state index contributed by atoms with van der Waals surface area (Å²) in [7, 11) is 1.44. The van der Waals surface area contributed by atoms with Gasteiger partial charge in [0.15, 0.2) is 5.82 Å². The molecule has 5 aromatic rings. The largest absolute Gasteiger partial charge is 0.497 e. The van der Waals surface area contributed by atoms with Gasteiger partial charge in [-0.1, -0.05) is 24.3 Å². The van der Waals surface area contributed by atoms with E-state index in [1.807, 2.05) is 53.4 Å². The van der Waals surface area contributed by atoms with E-state index in [-0.39, 0.29) is 32.1 Å². The second kappa shape index (κ2) is 16.2. The summed E-state index contributed by atoms with van der Waals surface area (Å²) in [6.07, 6.45) is 4.27. The van der Waals surface area contributed by atoms with Crippen LogP contribution in [0.15, 0.2) is 79.1 Å². The predicted octanol–water partition coefficient (Wildman–Crippen LogP) is 4.33. The lowest BCUT2D eigenvalue weighted by molar-refractivity contribution is 0.0698. The topological polar surface area (TPSA) is 165 Å². The Balaban J connectivity index is 1.39. The SMILES string of the molecule is COc1ccc(CN(Cc2ccc(OC)cc2)c2nc(C)nc(-c3cc(C(=O)N4CCN(S(C)(=O)=O)CC4)cnc3Nc3ccc(OC)nc3)n2)cc1. The van der Waals surface area contributed by atoms with Crippen LogP contribution in [0, 0.1) is 6.92 Å². The summed E-state index contributed by atoms with van der Waals surface area (Å²) >= 11 is 0. The van der Waals surface area contributed by atoms with E-state index in [1.165, 1.54) is 16.8 Å². The number of piperazine rings is 1. The maximum Gasteiger partial charge on any atom is 0.255 e. The minimum Gasteiger partial charge on any atom is -0.497 e. The molecule has 276 valence electrons. The van der Waals surface area contributed by atoms with Crippen molar-refractivity contribution in [1.82, 2.24) is 34.1 Å². The number of benzene rings is 2. The number of carbonyl (C=O) groups is 1. The monoisotopic (exact) mass is 739 g/mol. The van der Waals surface area contributed by atoms with E-state index in [0.717, 1.165) is 22.6 Å². The second-order valence-electron chi connectivity index (χ2n) is 12.3. The molecule has 1 amide bonds. The molecule has 1 aliphatic heterocycles. The molecule has 3 aromatic heterocycles. The number of anilines is 3. The summed E-state index contributed by atoms with van der Waals surface area (Å²) < 4.78 is 41.5. The molecular weight excluding hydrogens is 699 g/mol. The number of amides is 1. The highest BCUT2D eigenvalue weighted by atomic mass is 32.2. The first-order chi connectivity index (χ1) is 25.5. The van der Waals surface area contributed by atoms with Gasteiger partial charge in [-0.05, 0) is 54.4 Å². The number of methoxy groups -OCH3 is 3. The molecule has 0 bridgehead atoms. The van der Waals surface area contributed by atoms with Crippen LogP contribution in [-0.2, 0) is 23.1 Å². The first-order valence-electron chi connectivity index (χ1n) is 16.8. The van der Waals surface area contributed by atoms with Crippen molar-refractivity contribution in [3.63, 3.8) is 0 Å². The lowest BCUT2D eigenvalue weighted by Gasteiger charge is -2.33. The minimum atomic E-state index is -3.36. The fourth-order valence-electron chi connectivity index (χ4n) is 5.80. The Hall–Kier alpha value is -5.87. The molecule has 6 rings (SSSR count). The molecule has 0 radical (unpaired) electrons. The number of nitrogens with zero attached hydrogens (tertiary/aromatic N) is 8. The average Bonchev–Trinajstić information content (AvgIpc) is 3.18. The Morgan fingerprint density at radius 1 is 0.792 bits per heavy atom. The van der Waals surface area contributed by atoms with E-state index in [4.69, 9.17) is 29.2 Å². The highest BCUT2D eigenvalue weighted by Crippen LogP contribution is 2.30. The van der Waals surface area contributed by atoms with Gasteiger partial charge in [0, 0.05) is 51.5 Å². The van der Waals surface area contributed by atoms with E-state index >= 15 is 0 Å². The number of aryl methyl sites for hydroxylation is 1. The van der Waals surface area contributed by atoms with Crippen LogP contribution in [0.5, 0.6) is 17.4 Å². The average molecular weight is 740 g/mol. The molecule has 0 spiro atoms. The van der Waals surface area contributed by atoms with E-state index < -0.39 is 10.0 Å². The lowest BCUT2D eigenvalue weighted by Crippen LogP contribution is -2.50. The van der Waals surface area contributed by atoms with Crippen molar-refractivity contribution < 1.29 is 27.4 Å². The number of hydrogen-bond donors (Lipinski definition) is 1. The third-order valence-electron chi connectivity index (χ3n) is 8.66. The zero-order valence-electron chi connectivity index (χ0n) is 30.2. The number of hydrogen-bond acceptors (Lipinski definition) is 13. The third-order valence-corrected chi connectivity index (χ3v) is 9.97. The number of sulfonamides is 1. The molecular formula is C37H41N9O6S. The smallest absolute Gasteiger partial charge is 0.255 e. The minimum absolute atomic E-state index is 0.212. The van der Waals surface area contributed by atoms with Gasteiger partial charge in [-0.25, -0.2) is 23.4 Å². The van der Waals surface area contributed by atoms with Crippen LogP contribution in [0.3, 0.4) is 0 Å². The molecule has 1 N–H and O–H groups in total. The van der Waals surface area contributed by atoms with Gasteiger partial charge in [0.1, 0.15) is 23.1 Å². The molecule has 0 aliphatic carbocycles. The highest BCUT2D eigenvalue weighted by molar-refractivity contribution is 7.88. The molecule has 53 heavy (non-hydrogen) atoms. The van der Waals surface area contributed by atoms with Crippen molar-refractivity contribution in [3.05, 3.63) is 102 Å². The number of ether oxygens (including phenoxy) is 3. The van der Waals surface area contributed by atoms with E-state index in [0.29, 0.717) is 59.2 Å². The molecule has 16 heteroatoms. The Morgan fingerprint density at radius 2 is 1.42 bits per heavy atom. The number of carbonyl (C=O) groups excluding carboxylic acids is 1. The Morgan fingerprint density at radius 3 is 1.94 bits per heavy atom. The number of rotatable bonds is 13. The summed E-state index contributed by atoms with van der Waals surface area (Å²) in [5.74, 6) is 3.25. The number of nitrogens with one attached hydrogen (secondary N) is 1. The van der Waals surface area contributed by atoms with Crippen molar-refractivity contribution in [3.8, 4) is 28.8 Å². The van der Waals surface area contributed by atoms with Crippen LogP contribution in [0.2, 0.25) is 0 Å². The molecule has 2 aromatic carbocycles. The van der Waals surface area contributed by atoms with Gasteiger partial charge in [-0.15, -0.1) is 0 Å². The van der Waals surface area contributed by atoms with Crippen molar-refractivity contribution in [2.75, 3.05) is 64.0 Å². The van der Waals surface area contributed by atoms with Crippen LogP contribution < -0.4 is 24.4 Å². The summed E-state index contributed by atoms with van der Waals surface area (Å²) in [4.78, 5) is 40.9. The zero-order chi connectivity index (χ0) is 37.5. The van der Waals surface area contributed by atoms with E-state index in [9.17, 15) is 13.2 Å². The molecule has 0 unspecified atom stereocenters. The summed E-state index contributed by atoms with van der Waals surface area (Å²) in [6, 6.07) is 20.8. The standard InChI is InChI=1S/C37H41N9O6S/c1-25-40-35(43-37(41-25)45(23-26-6-11-30(50-2)12-7-26)24-27-8-13-31(51-3)14-9-27)32-20-28(36(47)44-16-18-46(19-17-44)53(5,48)49)21-39-34(32)42-29-10-15-33(52-4)38-22-29/h6-15,20-22H,16-19,23-24H2,1-5H3,(H,39,42). The quantitative estimate of drug-likeness (QED) is 0.182. The summed E-state index contributed by atoms with van der Waals surface area (Å²) in [5, 5.41) is 3.29. The van der Waals surface area contributed by atoms with E-state index in [1.54, 1.807) is 57.5 Å². The Kier molecular flexibility index (Phi) is 11.3. The molecule has 1 saturated heterocycles. The Labute approximate surface area is 308 Å². The fourth-order valence-corrected chi connectivity index (χ4v) is 6.63. The second-order valence-corrected chi connectivity index (χ2v) is 14.3.